The summed E-state index contributed by atoms with van der Waals surface area (Å²) in [6, 6.07) is 2.22. The van der Waals surface area contributed by atoms with E-state index in [0.717, 1.165) is 43.8 Å². The van der Waals surface area contributed by atoms with Crippen molar-refractivity contribution in [2.75, 3.05) is 55.0 Å². The van der Waals surface area contributed by atoms with Crippen LogP contribution in [-0.2, 0) is 5.41 Å². The van der Waals surface area contributed by atoms with Gasteiger partial charge in [-0.05, 0) is 19.8 Å². The highest BCUT2D eigenvalue weighted by atomic mass is 15.4. The number of aromatic nitrogens is 5. The number of aromatic amines is 1. The third kappa shape index (κ3) is 3.12. The molecule has 0 atom stereocenters. The number of rotatable bonds is 4. The number of nitrogens with zero attached hydrogens (tertiary/aromatic N) is 7. The Morgan fingerprint density at radius 2 is 1.72 bits per heavy atom. The molecule has 0 amide bonds. The first kappa shape index (κ1) is 16.1. The molecular weight excluding hydrogens is 316 g/mol. The minimum absolute atomic E-state index is 0.331. The van der Waals surface area contributed by atoms with Crippen molar-refractivity contribution in [2.45, 2.75) is 32.1 Å². The molecule has 1 aliphatic carbocycles. The van der Waals surface area contributed by atoms with E-state index in [0.29, 0.717) is 11.4 Å². The summed E-state index contributed by atoms with van der Waals surface area (Å²) in [5, 5.41) is 7.76. The summed E-state index contributed by atoms with van der Waals surface area (Å²) in [5.41, 5.74) is 1.60. The van der Waals surface area contributed by atoms with Gasteiger partial charge in [-0.3, -0.25) is 5.10 Å². The van der Waals surface area contributed by atoms with Gasteiger partial charge in [0.05, 0.1) is 0 Å². The topological polar surface area (TPSA) is 77.1 Å². The van der Waals surface area contributed by atoms with Gasteiger partial charge < -0.3 is 14.7 Å². The van der Waals surface area contributed by atoms with Gasteiger partial charge in [-0.1, -0.05) is 6.92 Å². The second-order valence-electron chi connectivity index (χ2n) is 7.55. The molecule has 3 heterocycles. The zero-order valence-corrected chi connectivity index (χ0v) is 15.5. The number of aryl methyl sites for hydroxylation is 1. The van der Waals surface area contributed by atoms with E-state index in [4.69, 9.17) is 0 Å². The summed E-state index contributed by atoms with van der Waals surface area (Å²) < 4.78 is 0. The molecule has 1 saturated heterocycles. The lowest BCUT2D eigenvalue weighted by Gasteiger charge is -2.35. The highest BCUT2D eigenvalue weighted by molar-refractivity contribution is 5.46. The fourth-order valence-electron chi connectivity index (χ4n) is 3.17. The molecule has 0 bridgehead atoms. The maximum absolute atomic E-state index is 4.59. The molecule has 2 fully saturated rings. The Hall–Kier alpha value is -2.38. The van der Waals surface area contributed by atoms with Crippen molar-refractivity contribution in [3.8, 4) is 0 Å². The van der Waals surface area contributed by atoms with Crippen LogP contribution in [0.2, 0.25) is 0 Å². The van der Waals surface area contributed by atoms with E-state index in [1.807, 2.05) is 25.9 Å². The summed E-state index contributed by atoms with van der Waals surface area (Å²) in [5.74, 6) is 3.29. The van der Waals surface area contributed by atoms with Gasteiger partial charge in [0, 0.05) is 57.4 Å². The van der Waals surface area contributed by atoms with Crippen LogP contribution in [-0.4, -0.2) is 65.4 Å². The molecule has 0 spiro atoms. The zero-order chi connectivity index (χ0) is 17.6. The summed E-state index contributed by atoms with van der Waals surface area (Å²) in [6.45, 7) is 7.82. The highest BCUT2D eigenvalue weighted by Crippen LogP contribution is 2.47. The van der Waals surface area contributed by atoms with Gasteiger partial charge in [-0.15, -0.1) is 0 Å². The van der Waals surface area contributed by atoms with Gasteiger partial charge in [0.25, 0.3) is 0 Å². The summed E-state index contributed by atoms with van der Waals surface area (Å²) in [7, 11) is 3.90. The molecule has 134 valence electrons. The third-order valence-corrected chi connectivity index (χ3v) is 5.22. The SMILES string of the molecule is Cc1nc(N(C)C)nc(N2CCN(c3cc(C4(C)CC4)[nH]n3)CC2)n1. The summed E-state index contributed by atoms with van der Waals surface area (Å²) >= 11 is 0. The van der Waals surface area contributed by atoms with Crippen molar-refractivity contribution in [1.29, 1.82) is 0 Å². The molecule has 8 nitrogen and oxygen atoms in total. The van der Waals surface area contributed by atoms with Gasteiger partial charge in [0.1, 0.15) is 5.82 Å². The number of anilines is 3. The molecule has 0 aromatic carbocycles. The van der Waals surface area contributed by atoms with Crippen molar-refractivity contribution >= 4 is 17.7 Å². The first-order valence-corrected chi connectivity index (χ1v) is 8.90. The molecule has 4 rings (SSSR count). The van der Waals surface area contributed by atoms with Gasteiger partial charge >= 0.3 is 0 Å². The third-order valence-electron chi connectivity index (χ3n) is 5.22. The normalized spacial score (nSPS) is 19.2. The maximum Gasteiger partial charge on any atom is 0.230 e. The Bertz CT molecular complexity index is 756. The Morgan fingerprint density at radius 3 is 2.36 bits per heavy atom. The molecule has 1 N–H and O–H groups in total. The van der Waals surface area contributed by atoms with Gasteiger partial charge in [0.2, 0.25) is 11.9 Å². The van der Waals surface area contributed by atoms with Gasteiger partial charge in [-0.2, -0.15) is 20.1 Å². The van der Waals surface area contributed by atoms with E-state index in [1.165, 1.54) is 18.5 Å². The van der Waals surface area contributed by atoms with Crippen LogP contribution < -0.4 is 14.7 Å². The molecule has 0 radical (unpaired) electrons. The summed E-state index contributed by atoms with van der Waals surface area (Å²) in [4.78, 5) is 20.0. The largest absolute Gasteiger partial charge is 0.352 e. The predicted octanol–water partition coefficient (Wildman–Crippen LogP) is 1.35. The average Bonchev–Trinajstić information content (AvgIpc) is 3.15. The van der Waals surface area contributed by atoms with Crippen LogP contribution >= 0.6 is 0 Å². The van der Waals surface area contributed by atoms with E-state index in [-0.39, 0.29) is 0 Å². The lowest BCUT2D eigenvalue weighted by molar-refractivity contribution is 0.630. The number of hydrogen-bond donors (Lipinski definition) is 1. The molecule has 2 aromatic heterocycles. The number of nitrogens with one attached hydrogen (secondary N) is 1. The van der Waals surface area contributed by atoms with Crippen LogP contribution in [0.25, 0.3) is 0 Å². The smallest absolute Gasteiger partial charge is 0.230 e. The molecule has 1 saturated carbocycles. The van der Waals surface area contributed by atoms with Crippen LogP contribution in [0.4, 0.5) is 17.7 Å². The Labute approximate surface area is 148 Å². The Kier molecular flexibility index (Phi) is 3.77. The zero-order valence-electron chi connectivity index (χ0n) is 15.5. The molecule has 25 heavy (non-hydrogen) atoms. The van der Waals surface area contributed by atoms with E-state index in [2.05, 4.69) is 47.9 Å². The standard InChI is InChI=1S/C17H26N8/c1-12-18-15(23(3)4)20-16(19-12)25-9-7-24(8-10-25)14-11-13(21-22-14)17(2)5-6-17/h11H,5-10H2,1-4H3,(H,21,22). The van der Waals surface area contributed by atoms with Crippen molar-refractivity contribution in [3.05, 3.63) is 17.6 Å². The first-order valence-electron chi connectivity index (χ1n) is 8.90. The van der Waals surface area contributed by atoms with Gasteiger partial charge in [-0.25, -0.2) is 0 Å². The van der Waals surface area contributed by atoms with Gasteiger partial charge in [0.15, 0.2) is 5.82 Å². The highest BCUT2D eigenvalue weighted by Gasteiger charge is 2.41. The predicted molar refractivity (Wildman–Crippen MR) is 98.5 cm³/mol. The Balaban J connectivity index is 1.44. The molecular formula is C17H26N8. The van der Waals surface area contributed by atoms with E-state index >= 15 is 0 Å². The second-order valence-corrected chi connectivity index (χ2v) is 7.55. The Morgan fingerprint density at radius 1 is 1.04 bits per heavy atom. The summed E-state index contributed by atoms with van der Waals surface area (Å²) in [6.07, 6.45) is 2.52. The van der Waals surface area contributed by atoms with E-state index < -0.39 is 0 Å². The lowest BCUT2D eigenvalue weighted by Crippen LogP contribution is -2.47. The van der Waals surface area contributed by atoms with E-state index in [9.17, 15) is 0 Å². The van der Waals surface area contributed by atoms with Crippen molar-refractivity contribution in [1.82, 2.24) is 25.1 Å². The first-order chi connectivity index (χ1) is 11.9. The van der Waals surface area contributed by atoms with Crippen LogP contribution in [0, 0.1) is 6.92 Å². The van der Waals surface area contributed by atoms with Crippen LogP contribution in [0.15, 0.2) is 6.07 Å². The number of piperazine rings is 1. The number of hydrogen-bond acceptors (Lipinski definition) is 7. The van der Waals surface area contributed by atoms with Crippen LogP contribution in [0.1, 0.15) is 31.3 Å². The fraction of sp³-hybridized carbons (Fsp3) is 0.647. The average molecular weight is 342 g/mol. The molecule has 2 aliphatic rings. The molecule has 0 unspecified atom stereocenters. The number of H-pyrrole nitrogens is 1. The monoisotopic (exact) mass is 342 g/mol. The van der Waals surface area contributed by atoms with Crippen LogP contribution in [0.5, 0.6) is 0 Å². The molecule has 2 aromatic rings. The van der Waals surface area contributed by atoms with Crippen LogP contribution in [0.3, 0.4) is 0 Å². The van der Waals surface area contributed by atoms with Crippen molar-refractivity contribution in [2.24, 2.45) is 0 Å². The van der Waals surface area contributed by atoms with E-state index in [1.54, 1.807) is 0 Å². The minimum atomic E-state index is 0.331. The minimum Gasteiger partial charge on any atom is -0.352 e. The molecule has 1 aliphatic heterocycles. The lowest BCUT2D eigenvalue weighted by atomic mass is 10.1. The molecule has 8 heteroatoms. The van der Waals surface area contributed by atoms with Crippen molar-refractivity contribution < 1.29 is 0 Å². The maximum atomic E-state index is 4.59. The van der Waals surface area contributed by atoms with Crippen molar-refractivity contribution in [3.63, 3.8) is 0 Å². The quantitative estimate of drug-likeness (QED) is 0.898. The fourth-order valence-corrected chi connectivity index (χ4v) is 3.17. The second kappa shape index (κ2) is 5.86.